The second-order valence-electron chi connectivity index (χ2n) is 3.99. The predicted molar refractivity (Wildman–Crippen MR) is 64.5 cm³/mol. The van der Waals surface area contributed by atoms with Gasteiger partial charge in [0, 0.05) is 0 Å². The summed E-state index contributed by atoms with van der Waals surface area (Å²) in [5.41, 5.74) is 5.44. The molecule has 0 aromatic rings. The lowest BCUT2D eigenvalue weighted by Crippen LogP contribution is -2.25. The molecule has 0 saturated heterocycles. The van der Waals surface area contributed by atoms with Crippen LogP contribution in [-0.4, -0.2) is 31.1 Å². The van der Waals surface area contributed by atoms with Gasteiger partial charge < -0.3 is 10.6 Å². The van der Waals surface area contributed by atoms with Gasteiger partial charge in [-0.15, -0.1) is 0 Å². The van der Waals surface area contributed by atoms with Crippen LogP contribution in [0.2, 0.25) is 0 Å². The van der Waals surface area contributed by atoms with Crippen molar-refractivity contribution >= 4 is 0 Å². The topological polar surface area (TPSA) is 29.3 Å². The molecule has 2 N–H and O–H groups in total. The number of hydrogen-bond donors (Lipinski definition) is 1. The Hall–Kier alpha value is -0.0800. The summed E-state index contributed by atoms with van der Waals surface area (Å²) < 4.78 is 0. The van der Waals surface area contributed by atoms with E-state index in [1.807, 2.05) is 0 Å². The fourth-order valence-electron chi connectivity index (χ4n) is 1.75. The smallest absolute Gasteiger partial charge is 0.00189 e. The largest absolute Gasteiger partial charge is 0.330 e. The van der Waals surface area contributed by atoms with Crippen molar-refractivity contribution < 1.29 is 0 Å². The van der Waals surface area contributed by atoms with Crippen molar-refractivity contribution in [2.45, 2.75) is 52.4 Å². The molecule has 0 aliphatic heterocycles. The molecule has 0 saturated carbocycles. The second-order valence-corrected chi connectivity index (χ2v) is 3.99. The van der Waals surface area contributed by atoms with Crippen molar-refractivity contribution in [3.05, 3.63) is 0 Å². The van der Waals surface area contributed by atoms with Crippen LogP contribution >= 0.6 is 0 Å². The summed E-state index contributed by atoms with van der Waals surface area (Å²) >= 11 is 0. The van der Waals surface area contributed by atoms with Crippen LogP contribution in [0.5, 0.6) is 0 Å². The van der Waals surface area contributed by atoms with E-state index < -0.39 is 0 Å². The van der Waals surface area contributed by atoms with Crippen molar-refractivity contribution in [2.24, 2.45) is 5.73 Å². The van der Waals surface area contributed by atoms with E-state index in [9.17, 15) is 0 Å². The molecule has 0 fully saturated rings. The van der Waals surface area contributed by atoms with Gasteiger partial charge in [0.05, 0.1) is 0 Å². The maximum absolute atomic E-state index is 5.44. The van der Waals surface area contributed by atoms with E-state index in [-0.39, 0.29) is 0 Å². The van der Waals surface area contributed by atoms with Crippen LogP contribution in [0, 0.1) is 0 Å². The maximum Gasteiger partial charge on any atom is -0.00189 e. The van der Waals surface area contributed by atoms with Crippen molar-refractivity contribution in [1.82, 2.24) is 4.90 Å². The Labute approximate surface area is 89.9 Å². The minimum atomic E-state index is 0.858. The summed E-state index contributed by atoms with van der Waals surface area (Å²) in [7, 11) is 0. The molecular weight excluding hydrogens is 172 g/mol. The maximum atomic E-state index is 5.44. The molecule has 2 nitrogen and oxygen atoms in total. The molecule has 0 amide bonds. The van der Waals surface area contributed by atoms with E-state index >= 15 is 0 Å². The Morgan fingerprint density at radius 2 is 1.50 bits per heavy atom. The zero-order valence-corrected chi connectivity index (χ0v) is 10.1. The first-order valence-electron chi connectivity index (χ1n) is 6.27. The summed E-state index contributed by atoms with van der Waals surface area (Å²) in [5.74, 6) is 0. The first-order chi connectivity index (χ1) is 6.85. The number of rotatable bonds is 10. The highest BCUT2D eigenvalue weighted by Crippen LogP contribution is 2.03. The molecule has 0 aliphatic carbocycles. The molecule has 0 aromatic carbocycles. The molecule has 86 valence electrons. The average Bonchev–Trinajstić information content (AvgIpc) is 2.21. The molecule has 0 bridgehead atoms. The first-order valence-corrected chi connectivity index (χ1v) is 6.27. The van der Waals surface area contributed by atoms with Crippen LogP contribution in [-0.2, 0) is 0 Å². The Balaban J connectivity index is 3.15. The minimum absolute atomic E-state index is 0.858. The predicted octanol–water partition coefficient (Wildman–Crippen LogP) is 2.63. The molecule has 14 heavy (non-hydrogen) atoms. The van der Waals surface area contributed by atoms with Gasteiger partial charge in [0.1, 0.15) is 0 Å². The third kappa shape index (κ3) is 8.52. The molecule has 0 unspecified atom stereocenters. The Kier molecular flexibility index (Phi) is 10.9. The highest BCUT2D eigenvalue weighted by molar-refractivity contribution is 4.54. The Morgan fingerprint density at radius 1 is 0.857 bits per heavy atom. The number of unbranched alkanes of at least 4 members (excludes halogenated alkanes) is 4. The van der Waals surface area contributed by atoms with Crippen LogP contribution < -0.4 is 5.73 Å². The SMILES string of the molecule is CCCN(CC)CCCCCCCN. The van der Waals surface area contributed by atoms with E-state index in [2.05, 4.69) is 18.7 Å². The van der Waals surface area contributed by atoms with E-state index in [0.29, 0.717) is 0 Å². The van der Waals surface area contributed by atoms with Crippen molar-refractivity contribution in [3.8, 4) is 0 Å². The average molecular weight is 200 g/mol. The van der Waals surface area contributed by atoms with Crippen LogP contribution in [0.3, 0.4) is 0 Å². The monoisotopic (exact) mass is 200 g/mol. The summed E-state index contributed by atoms with van der Waals surface area (Å²) in [6.45, 7) is 9.12. The van der Waals surface area contributed by atoms with Crippen LogP contribution in [0.25, 0.3) is 0 Å². The third-order valence-electron chi connectivity index (χ3n) is 2.67. The van der Waals surface area contributed by atoms with E-state index in [4.69, 9.17) is 5.73 Å². The molecular formula is C12H28N2. The van der Waals surface area contributed by atoms with E-state index in [0.717, 1.165) is 6.54 Å². The van der Waals surface area contributed by atoms with Gasteiger partial charge in [0.2, 0.25) is 0 Å². The fraction of sp³-hybridized carbons (Fsp3) is 1.00. The first kappa shape index (κ1) is 13.9. The summed E-state index contributed by atoms with van der Waals surface area (Å²) in [6, 6.07) is 0. The van der Waals surface area contributed by atoms with Gasteiger partial charge in [-0.25, -0.2) is 0 Å². The minimum Gasteiger partial charge on any atom is -0.330 e. The molecule has 0 radical (unpaired) electrons. The van der Waals surface area contributed by atoms with Gasteiger partial charge in [-0.05, 0) is 45.4 Å². The summed E-state index contributed by atoms with van der Waals surface area (Å²) in [4.78, 5) is 2.54. The lowest BCUT2D eigenvalue weighted by atomic mass is 10.1. The molecule has 0 aliphatic rings. The second kappa shape index (κ2) is 11.0. The van der Waals surface area contributed by atoms with Crippen molar-refractivity contribution in [3.63, 3.8) is 0 Å². The van der Waals surface area contributed by atoms with Gasteiger partial charge in [-0.2, -0.15) is 0 Å². The molecule has 2 heteroatoms. The third-order valence-corrected chi connectivity index (χ3v) is 2.67. The van der Waals surface area contributed by atoms with Gasteiger partial charge in [0.15, 0.2) is 0 Å². The molecule has 0 rings (SSSR count). The van der Waals surface area contributed by atoms with Gasteiger partial charge in [0.25, 0.3) is 0 Å². The Bertz CT molecular complexity index is 104. The summed E-state index contributed by atoms with van der Waals surface area (Å²) in [5, 5.41) is 0. The van der Waals surface area contributed by atoms with Crippen molar-refractivity contribution in [1.29, 1.82) is 0 Å². The van der Waals surface area contributed by atoms with Gasteiger partial charge in [-0.3, -0.25) is 0 Å². The lowest BCUT2D eigenvalue weighted by molar-refractivity contribution is 0.281. The molecule has 0 atom stereocenters. The van der Waals surface area contributed by atoms with Crippen molar-refractivity contribution in [2.75, 3.05) is 26.2 Å². The standard InChI is InChI=1S/C12H28N2/c1-3-11-14(4-2)12-9-7-5-6-8-10-13/h3-13H2,1-2H3. The number of nitrogens with zero attached hydrogens (tertiary/aromatic N) is 1. The molecule has 0 heterocycles. The van der Waals surface area contributed by atoms with Gasteiger partial charge >= 0.3 is 0 Å². The Morgan fingerprint density at radius 3 is 2.07 bits per heavy atom. The van der Waals surface area contributed by atoms with E-state index in [1.54, 1.807) is 0 Å². The van der Waals surface area contributed by atoms with Crippen LogP contribution in [0.4, 0.5) is 0 Å². The summed E-state index contributed by atoms with van der Waals surface area (Å²) in [6.07, 6.45) is 7.89. The van der Waals surface area contributed by atoms with Crippen LogP contribution in [0.15, 0.2) is 0 Å². The fourth-order valence-corrected chi connectivity index (χ4v) is 1.75. The zero-order chi connectivity index (χ0) is 10.6. The zero-order valence-electron chi connectivity index (χ0n) is 10.1. The van der Waals surface area contributed by atoms with Gasteiger partial charge in [-0.1, -0.05) is 33.1 Å². The highest BCUT2D eigenvalue weighted by Gasteiger charge is 1.99. The molecule has 0 aromatic heterocycles. The van der Waals surface area contributed by atoms with Crippen LogP contribution in [0.1, 0.15) is 52.4 Å². The quantitative estimate of drug-likeness (QED) is 0.549. The number of hydrogen-bond acceptors (Lipinski definition) is 2. The van der Waals surface area contributed by atoms with E-state index in [1.165, 1.54) is 58.2 Å². The number of nitrogens with two attached hydrogens (primary N) is 1. The molecule has 0 spiro atoms. The normalized spacial score (nSPS) is 11.1. The highest BCUT2D eigenvalue weighted by atomic mass is 15.1. The lowest BCUT2D eigenvalue weighted by Gasteiger charge is -2.19.